The molecule has 6 nitrogen and oxygen atoms in total. The maximum Gasteiger partial charge on any atom is 0.316 e. The summed E-state index contributed by atoms with van der Waals surface area (Å²) in [7, 11) is 3.14. The zero-order chi connectivity index (χ0) is 19.9. The molecule has 0 atom stereocenters. The first kappa shape index (κ1) is 19.5. The maximum atomic E-state index is 12.3. The van der Waals surface area contributed by atoms with Gasteiger partial charge in [0.1, 0.15) is 17.2 Å². The molecule has 1 amide bonds. The Morgan fingerprint density at radius 3 is 2.46 bits per heavy atom. The Kier molecular flexibility index (Phi) is 6.32. The minimum atomic E-state index is -0.442. The van der Waals surface area contributed by atoms with Gasteiger partial charge in [0.05, 0.1) is 20.8 Å². The highest BCUT2D eigenvalue weighted by atomic mass is 16.5. The predicted molar refractivity (Wildman–Crippen MR) is 107 cm³/mol. The summed E-state index contributed by atoms with van der Waals surface area (Å²) in [5.74, 6) is 1.98. The van der Waals surface area contributed by atoms with Gasteiger partial charge in [0.15, 0.2) is 5.76 Å². The van der Waals surface area contributed by atoms with Crippen molar-refractivity contribution < 1.29 is 23.7 Å². The first-order chi connectivity index (χ1) is 13.6. The topological polar surface area (TPSA) is 66.4 Å². The Bertz CT molecular complexity index is 900. The average Bonchev–Trinajstić information content (AvgIpc) is 3.09. The summed E-state index contributed by atoms with van der Waals surface area (Å²) in [5, 5.41) is 0. The van der Waals surface area contributed by atoms with Gasteiger partial charge in [0.25, 0.3) is 0 Å². The summed E-state index contributed by atoms with van der Waals surface area (Å²) in [6, 6.07) is 12.6. The molecule has 0 radical (unpaired) electrons. The van der Waals surface area contributed by atoms with Crippen LogP contribution in [0.2, 0.25) is 0 Å². The summed E-state index contributed by atoms with van der Waals surface area (Å²) in [6.07, 6.45) is 3.69. The third-order valence-corrected chi connectivity index (χ3v) is 4.21. The minimum Gasteiger partial charge on any atom is -0.497 e. The number of ether oxygens (including phenoxy) is 4. The molecule has 0 saturated carbocycles. The monoisotopic (exact) mass is 381 g/mol. The highest BCUT2D eigenvalue weighted by Gasteiger charge is 2.24. The second kappa shape index (κ2) is 9.08. The van der Waals surface area contributed by atoms with E-state index in [0.717, 1.165) is 18.6 Å². The number of carbonyl (C=O) groups is 1. The molecule has 28 heavy (non-hydrogen) atoms. The van der Waals surface area contributed by atoms with Crippen LogP contribution in [0.5, 0.6) is 17.2 Å². The molecule has 2 aromatic rings. The molecule has 2 aromatic carbocycles. The molecule has 0 fully saturated rings. The Hall–Kier alpha value is -3.28. The number of benzene rings is 2. The zero-order valence-corrected chi connectivity index (χ0v) is 16.2. The Balaban J connectivity index is 1.76. The fourth-order valence-electron chi connectivity index (χ4n) is 2.65. The van der Waals surface area contributed by atoms with Crippen LogP contribution in [0.15, 0.2) is 53.2 Å². The quantitative estimate of drug-likeness (QED) is 0.506. The van der Waals surface area contributed by atoms with Gasteiger partial charge in [-0.15, -0.1) is 0 Å². The molecule has 0 saturated heterocycles. The van der Waals surface area contributed by atoms with Crippen molar-refractivity contribution in [3.05, 3.63) is 59.4 Å². The molecule has 0 spiro atoms. The SMILES string of the molecule is CCCCOc1ccc(C2=NC(=O)C(=Cc3cc(OC)ccc3OC)O2)cc1. The van der Waals surface area contributed by atoms with Crippen LogP contribution < -0.4 is 14.2 Å². The number of hydrogen-bond donors (Lipinski definition) is 0. The van der Waals surface area contributed by atoms with Crippen LogP contribution in [0.1, 0.15) is 30.9 Å². The smallest absolute Gasteiger partial charge is 0.316 e. The van der Waals surface area contributed by atoms with Crippen LogP contribution >= 0.6 is 0 Å². The molecule has 6 heteroatoms. The Labute approximate surface area is 164 Å². The summed E-state index contributed by atoms with van der Waals surface area (Å²) >= 11 is 0. The van der Waals surface area contributed by atoms with E-state index in [0.29, 0.717) is 29.2 Å². The summed E-state index contributed by atoms with van der Waals surface area (Å²) in [4.78, 5) is 16.3. The number of nitrogens with zero attached hydrogens (tertiary/aromatic N) is 1. The molecule has 1 heterocycles. The van der Waals surface area contributed by atoms with Crippen LogP contribution in [-0.4, -0.2) is 32.6 Å². The number of hydrogen-bond acceptors (Lipinski definition) is 5. The highest BCUT2D eigenvalue weighted by Crippen LogP contribution is 2.28. The van der Waals surface area contributed by atoms with Crippen molar-refractivity contribution in [1.82, 2.24) is 0 Å². The van der Waals surface area contributed by atoms with Gasteiger partial charge in [-0.25, -0.2) is 0 Å². The molecule has 1 aliphatic heterocycles. The van der Waals surface area contributed by atoms with Gasteiger partial charge < -0.3 is 18.9 Å². The van der Waals surface area contributed by atoms with Crippen molar-refractivity contribution in [1.29, 1.82) is 0 Å². The second-order valence-corrected chi connectivity index (χ2v) is 6.17. The van der Waals surface area contributed by atoms with Crippen LogP contribution in [0.25, 0.3) is 6.08 Å². The number of aliphatic imine (C=N–C) groups is 1. The van der Waals surface area contributed by atoms with Crippen molar-refractivity contribution in [3.63, 3.8) is 0 Å². The minimum absolute atomic E-state index is 0.129. The van der Waals surface area contributed by atoms with E-state index in [1.807, 2.05) is 24.3 Å². The number of amides is 1. The van der Waals surface area contributed by atoms with Crippen LogP contribution in [0, 0.1) is 0 Å². The molecule has 0 aromatic heterocycles. The molecule has 3 rings (SSSR count). The second-order valence-electron chi connectivity index (χ2n) is 6.17. The molecule has 0 bridgehead atoms. The average molecular weight is 381 g/mol. The highest BCUT2D eigenvalue weighted by molar-refractivity contribution is 6.14. The molecule has 0 aliphatic carbocycles. The summed E-state index contributed by atoms with van der Waals surface area (Å²) in [5.41, 5.74) is 1.37. The summed E-state index contributed by atoms with van der Waals surface area (Å²) < 4.78 is 21.9. The van der Waals surface area contributed by atoms with E-state index in [-0.39, 0.29) is 11.7 Å². The van der Waals surface area contributed by atoms with Crippen LogP contribution in [-0.2, 0) is 9.53 Å². The van der Waals surface area contributed by atoms with E-state index in [4.69, 9.17) is 18.9 Å². The van der Waals surface area contributed by atoms with Gasteiger partial charge >= 0.3 is 5.91 Å². The predicted octanol–water partition coefficient (Wildman–Crippen LogP) is 4.23. The van der Waals surface area contributed by atoms with Crippen molar-refractivity contribution in [2.24, 2.45) is 4.99 Å². The van der Waals surface area contributed by atoms with Crippen LogP contribution in [0.3, 0.4) is 0 Å². The van der Waals surface area contributed by atoms with E-state index < -0.39 is 5.91 Å². The largest absolute Gasteiger partial charge is 0.497 e. The fraction of sp³-hybridized carbons (Fsp3) is 0.273. The molecule has 0 unspecified atom stereocenters. The van der Waals surface area contributed by atoms with Crippen molar-refractivity contribution in [2.45, 2.75) is 19.8 Å². The zero-order valence-electron chi connectivity index (χ0n) is 16.2. The number of methoxy groups -OCH3 is 2. The van der Waals surface area contributed by atoms with Crippen LogP contribution in [0.4, 0.5) is 0 Å². The number of unbranched alkanes of at least 4 members (excludes halogenated alkanes) is 1. The van der Waals surface area contributed by atoms with E-state index in [9.17, 15) is 4.79 Å². The van der Waals surface area contributed by atoms with E-state index >= 15 is 0 Å². The molecular weight excluding hydrogens is 358 g/mol. The number of rotatable bonds is 8. The third-order valence-electron chi connectivity index (χ3n) is 4.21. The van der Waals surface area contributed by atoms with Crippen molar-refractivity contribution in [2.75, 3.05) is 20.8 Å². The normalized spacial score (nSPS) is 14.6. The van der Waals surface area contributed by atoms with E-state index in [1.54, 1.807) is 38.5 Å². The molecule has 1 aliphatic rings. The van der Waals surface area contributed by atoms with E-state index in [1.165, 1.54) is 0 Å². The van der Waals surface area contributed by atoms with Gasteiger partial charge in [0.2, 0.25) is 5.90 Å². The first-order valence-corrected chi connectivity index (χ1v) is 9.12. The first-order valence-electron chi connectivity index (χ1n) is 9.12. The standard InChI is InChI=1S/C22H23NO5/c1-4-5-12-27-17-8-6-15(7-9-17)22-23-21(24)20(28-22)14-16-13-18(25-2)10-11-19(16)26-3/h6-11,13-14H,4-5,12H2,1-3H3. The fourth-order valence-corrected chi connectivity index (χ4v) is 2.65. The molecule has 146 valence electrons. The Morgan fingerprint density at radius 1 is 1.04 bits per heavy atom. The van der Waals surface area contributed by atoms with Gasteiger partial charge in [0, 0.05) is 11.1 Å². The third kappa shape index (κ3) is 4.52. The summed E-state index contributed by atoms with van der Waals surface area (Å²) in [6.45, 7) is 2.80. The van der Waals surface area contributed by atoms with Gasteiger partial charge in [-0.2, -0.15) is 4.99 Å². The van der Waals surface area contributed by atoms with Gasteiger partial charge in [-0.1, -0.05) is 13.3 Å². The maximum absolute atomic E-state index is 12.3. The molecular formula is C22H23NO5. The van der Waals surface area contributed by atoms with Crippen molar-refractivity contribution in [3.8, 4) is 17.2 Å². The van der Waals surface area contributed by atoms with Gasteiger partial charge in [-0.3, -0.25) is 4.79 Å². The lowest BCUT2D eigenvalue weighted by Gasteiger charge is -2.08. The lowest BCUT2D eigenvalue weighted by atomic mass is 10.1. The van der Waals surface area contributed by atoms with Gasteiger partial charge in [-0.05, 0) is 55.0 Å². The van der Waals surface area contributed by atoms with Crippen molar-refractivity contribution >= 4 is 17.9 Å². The lowest BCUT2D eigenvalue weighted by molar-refractivity contribution is -0.115. The molecule has 0 N–H and O–H groups in total. The van der Waals surface area contributed by atoms with E-state index in [2.05, 4.69) is 11.9 Å². The Morgan fingerprint density at radius 2 is 1.79 bits per heavy atom. The lowest BCUT2D eigenvalue weighted by Crippen LogP contribution is -2.01. The number of carbonyl (C=O) groups excluding carboxylic acids is 1.